The van der Waals surface area contributed by atoms with Gasteiger partial charge in [-0.1, -0.05) is 17.5 Å². The van der Waals surface area contributed by atoms with Gasteiger partial charge < -0.3 is 124 Å². The maximum atomic E-state index is 16.0. The SMILES string of the molecule is Nc1nc2c(ncn2[C@@H]2O[C@@H]3COP(O)(=S)O[C@H]4C[C@H](n5ccc6c(N)ccnc65)OC4COP(=O)(S)O[C@@H]2C3)c(=O)[nH]1.Nc1nc2c(ncn2[C@@H]2O[C@@H]3COP(O)(=S)O[C@H]4[C@H](F)[C@H](n5nnc6c(N)ccnc65)O[C@@H]4COP(O)(=S)O[C@@H]2[C@@H]3F)c(=O)[nH]1.Nc1nc2c(ncn2[C@@H]2O[C@@H]3COP(O)(=S)O[C@H]4[C@H]5OC[C@]4(COP(O)(=S)O[C@@H]2[C@H]3F)O[C@H]5n2cnc3c(N)ccnc32)c(=O)[nH]1. The fourth-order valence-corrected chi connectivity index (χ4v) is 25.4. The highest BCUT2D eigenvalue weighted by atomic mass is 32.7. The zero-order valence-electron chi connectivity index (χ0n) is 67.4. The number of H-pyrrole nitrogens is 3. The minimum absolute atomic E-state index is 0.0163. The highest BCUT2D eigenvalue weighted by molar-refractivity contribution is 8.44. The lowest BCUT2D eigenvalue weighted by Crippen LogP contribution is -2.45. The van der Waals surface area contributed by atoms with E-state index in [9.17, 15) is 43.4 Å². The Hall–Kier alpha value is -7.63. The molecule has 0 aromatic carbocycles. The van der Waals surface area contributed by atoms with Gasteiger partial charge in [0.05, 0.1) is 95.1 Å². The summed E-state index contributed by atoms with van der Waals surface area (Å²) in [5.41, 5.74) is 34.4. The summed E-state index contributed by atoms with van der Waals surface area (Å²) < 4.78 is 180. The number of nitrogens with one attached hydrogen (secondary N) is 3. The van der Waals surface area contributed by atoms with Crippen molar-refractivity contribution in [2.45, 2.75) is 148 Å². The first-order chi connectivity index (χ1) is 63.6. The summed E-state index contributed by atoms with van der Waals surface area (Å²) in [7, 11) is 0. The van der Waals surface area contributed by atoms with E-state index < -0.39 is 218 Å². The first-order valence-electron chi connectivity index (χ1n) is 39.5. The van der Waals surface area contributed by atoms with Gasteiger partial charge in [0.15, 0.2) is 100.0 Å². The number of halogens is 3. The molecule has 8 bridgehead atoms. The molecule has 70 heteroatoms. The normalized spacial score (nSPS) is 37.6. The largest absolute Gasteiger partial charge is 0.398 e. The van der Waals surface area contributed by atoms with Gasteiger partial charge in [-0.2, -0.15) is 19.6 Å². The molecule has 0 amide bonds. The zero-order valence-corrected chi connectivity index (χ0v) is 77.7. The predicted octanol–water partition coefficient (Wildman–Crippen LogP) is 1.71. The van der Waals surface area contributed by atoms with Gasteiger partial charge in [-0.25, -0.2) is 52.6 Å². The molecule has 28 atom stereocenters. The molecule has 10 saturated heterocycles. The average molecular weight is 2100 g/mol. The fourth-order valence-electron chi connectivity index (χ4n) is 16.7. The van der Waals surface area contributed by atoms with Crippen molar-refractivity contribution in [3.05, 3.63) is 105 Å². The van der Waals surface area contributed by atoms with Crippen LogP contribution in [0.1, 0.15) is 50.2 Å². The van der Waals surface area contributed by atoms with E-state index in [2.05, 4.69) is 87.4 Å². The molecule has 55 nitrogen and oxygen atoms in total. The molecule has 10 aliphatic heterocycles. The number of fused-ring (bicyclic) bond motifs is 14. The Kier molecular flexibility index (Phi) is 25.0. The van der Waals surface area contributed by atoms with E-state index in [0.29, 0.717) is 28.2 Å². The standard InChI is InChI=1S/C22H24FN9O10P2S2.C22H26N8O9P2S2.C20H22F2N10O9P2S2/c23-10-9-3-37-43(34,45)42-15-14-20(31-6-27-11-8(24)1-2-26-16(11)31)40-22(15,4-36-14)5-38-44(35,46)41-13(10)19(39-9)32-7-28-12-17(32)29-21(25)30-18(12)33;23-12-1-3-25-18-11(12)2-4-29(18)16-6-13-15(37-16)8-35-41(33,43)39-14-5-10(7-34-40(32,42)38-13)36-21(14)30-9-26-17-19(30)27-22(24)28-20(17)31;21-9-7-3-36-42(34,44)40-13-8(39-18(10(13)22)32-15-11(29-30-32)6(23)1-2-25-15)4-37-43(35,45)41-14(9)19(38-7)31-5-26-12-16(31)27-20(24)28-17(12)33/h1-2,6-7,9-10,13-15,19-20H,3-5H2,(H2,24,26)(H,34,45)(H,35,46)(H3,25,29,30,33);1-4,9-10,13-16,21H,5-8H2,(H2,23,25)(H,32,42)(H,33,43)(H3,24,27,28,31);1-2,5,7-10,13-14,18-19H,3-4H2,(H2,23,25)(H,34,44)(H,35,45)(H3,24,27,28,33)/t9-,10+,13-,14-,15+,19-,20-,22-,43?,44?;10-,13-,14+,15?,16+,21+,40?,41?;7-,8-,9-,10+,13-,14-,18-,19-,42?,43?/m101/s1. The van der Waals surface area contributed by atoms with Crippen LogP contribution in [-0.4, -0.2) is 271 Å². The van der Waals surface area contributed by atoms with Crippen molar-refractivity contribution in [3.8, 4) is 0 Å². The summed E-state index contributed by atoms with van der Waals surface area (Å²) in [5, 5.41) is 8.56. The van der Waals surface area contributed by atoms with Gasteiger partial charge in [-0.3, -0.25) is 74.7 Å². The highest BCUT2D eigenvalue weighted by Crippen LogP contribution is 2.62. The Bertz CT molecular complexity index is 7160. The quantitative estimate of drug-likeness (QED) is 0.0832. The monoisotopic (exact) mass is 2100 g/mol. The van der Waals surface area contributed by atoms with Crippen LogP contribution in [0.25, 0.3) is 66.9 Å². The van der Waals surface area contributed by atoms with E-state index in [4.69, 9.17) is 181 Å². The lowest BCUT2D eigenvalue weighted by atomic mass is 10.0. The molecule has 10 aliphatic rings. The summed E-state index contributed by atoms with van der Waals surface area (Å²) in [4.78, 5) is 141. The third kappa shape index (κ3) is 18.0. The summed E-state index contributed by atoms with van der Waals surface area (Å²) in [6, 6.07) is 6.59. The molecule has 22 heterocycles. The summed E-state index contributed by atoms with van der Waals surface area (Å²) in [5.74, 6) is -0.619. The maximum absolute atomic E-state index is 16.0. The van der Waals surface area contributed by atoms with E-state index in [-0.39, 0.29) is 101 Å². The Morgan fingerprint density at radius 1 is 0.433 bits per heavy atom. The van der Waals surface area contributed by atoms with Crippen LogP contribution in [0.3, 0.4) is 0 Å². The predicted molar refractivity (Wildman–Crippen MR) is 474 cm³/mol. The van der Waals surface area contributed by atoms with Crippen molar-refractivity contribution in [3.63, 3.8) is 0 Å². The number of aromatic nitrogens is 21. The van der Waals surface area contributed by atoms with Crippen LogP contribution < -0.4 is 51.1 Å². The van der Waals surface area contributed by atoms with Gasteiger partial charge in [0.25, 0.3) is 16.7 Å². The van der Waals surface area contributed by atoms with Gasteiger partial charge in [0.2, 0.25) is 17.8 Å². The van der Waals surface area contributed by atoms with Crippen molar-refractivity contribution < 1.29 is 130 Å². The third-order valence-corrected chi connectivity index (χ3v) is 32.1. The molecule has 12 aromatic rings. The maximum Gasteiger partial charge on any atom is 0.386 e. The Labute approximate surface area is 774 Å². The zero-order chi connectivity index (χ0) is 94.1. The van der Waals surface area contributed by atoms with Crippen LogP contribution in [0.5, 0.6) is 0 Å². The molecule has 0 spiro atoms. The van der Waals surface area contributed by atoms with Gasteiger partial charge in [-0.15, -0.1) is 5.10 Å². The smallest absolute Gasteiger partial charge is 0.386 e. The van der Waals surface area contributed by atoms with Crippen molar-refractivity contribution >= 4 is 213 Å². The van der Waals surface area contributed by atoms with Crippen LogP contribution >= 0.6 is 52.6 Å². The number of hydrogen-bond donors (Lipinski definition) is 15. The van der Waals surface area contributed by atoms with Crippen molar-refractivity contribution in [2.75, 3.05) is 80.7 Å². The molecule has 0 radical (unpaired) electrons. The van der Waals surface area contributed by atoms with E-state index in [0.717, 1.165) is 21.0 Å². The molecule has 7 unspecified atom stereocenters. The number of nitrogen functional groups attached to an aromatic ring is 6. The third-order valence-electron chi connectivity index (χ3n) is 22.7. The Balaban J connectivity index is 0.000000125. The molecular formula is C64H72F3N27O28P6S6. The van der Waals surface area contributed by atoms with E-state index in [1.165, 1.54) is 46.6 Å². The Morgan fingerprint density at radius 3 is 1.50 bits per heavy atom. The minimum Gasteiger partial charge on any atom is -0.398 e. The number of pyridine rings is 3. The van der Waals surface area contributed by atoms with Crippen molar-refractivity contribution in [1.82, 2.24) is 103 Å². The molecule has 12 aromatic heterocycles. The van der Waals surface area contributed by atoms with E-state index >= 15 is 13.2 Å². The van der Waals surface area contributed by atoms with Crippen LogP contribution in [-0.2, 0) is 151 Å². The number of nitrogens with two attached hydrogens (primary N) is 6. The highest BCUT2D eigenvalue weighted by Gasteiger charge is 2.66. The second kappa shape index (κ2) is 35.6. The molecular weight excluding hydrogens is 2030 g/mol. The van der Waals surface area contributed by atoms with Crippen LogP contribution in [0.2, 0.25) is 0 Å². The lowest BCUT2D eigenvalue weighted by Gasteiger charge is -2.33. The number of alkyl halides is 3. The first kappa shape index (κ1) is 94.0. The molecule has 0 saturated carbocycles. The number of thiol groups is 1. The molecule has 22 rings (SSSR count). The second-order valence-electron chi connectivity index (χ2n) is 31.2. The number of hydrogen-bond acceptors (Lipinski definition) is 46. The summed E-state index contributed by atoms with van der Waals surface area (Å²) in [6.07, 6.45) is -15.9. The minimum atomic E-state index is -4.36. The summed E-state index contributed by atoms with van der Waals surface area (Å²) in [6.45, 7) is -28.1. The second-order valence-corrected chi connectivity index (χ2v) is 48.1. The summed E-state index contributed by atoms with van der Waals surface area (Å²) >= 11 is 30.4. The van der Waals surface area contributed by atoms with Crippen molar-refractivity contribution in [1.29, 1.82) is 0 Å². The molecule has 134 heavy (non-hydrogen) atoms. The topological polar surface area (TPSA) is 733 Å². The fraction of sp³-hybridized carbons (Fsp3) is 0.484. The average Bonchev–Trinajstić information content (AvgIpc) is 1.56. The molecule has 10 fully saturated rings. The van der Waals surface area contributed by atoms with Crippen LogP contribution in [0.4, 0.5) is 48.1 Å². The van der Waals surface area contributed by atoms with Gasteiger partial charge in [-0.05, 0) is 83.3 Å². The van der Waals surface area contributed by atoms with Gasteiger partial charge in [0.1, 0.15) is 84.0 Å². The molecule has 718 valence electrons. The number of aromatic amines is 3. The number of nitrogens with zero attached hydrogens (tertiary/aromatic N) is 18. The number of ether oxygens (including phenoxy) is 7. The van der Waals surface area contributed by atoms with Crippen molar-refractivity contribution in [2.24, 2.45) is 0 Å². The Morgan fingerprint density at radius 2 is 0.910 bits per heavy atom. The van der Waals surface area contributed by atoms with Gasteiger partial charge in [0, 0.05) is 48.7 Å². The number of anilines is 6. The lowest BCUT2D eigenvalue weighted by molar-refractivity contribution is -0.183. The van der Waals surface area contributed by atoms with Crippen LogP contribution in [0.15, 0.2) is 88.7 Å². The van der Waals surface area contributed by atoms with E-state index in [1.807, 2.05) is 6.07 Å². The number of rotatable bonds is 6. The van der Waals surface area contributed by atoms with Crippen LogP contribution in [0, 0.1) is 0 Å². The van der Waals surface area contributed by atoms with E-state index in [1.54, 1.807) is 33.7 Å². The molecule has 0 aliphatic carbocycles. The number of imidazole rings is 4. The first-order valence-corrected chi connectivity index (χ1v) is 55.1. The molecule has 20 N–H and O–H groups in total. The van der Waals surface area contributed by atoms with Gasteiger partial charge >= 0.3 is 40.4 Å².